The van der Waals surface area contributed by atoms with E-state index in [1.807, 2.05) is 0 Å². The molecule has 1 heterocycles. The van der Waals surface area contributed by atoms with Crippen LogP contribution in [0.2, 0.25) is 0 Å². The van der Waals surface area contributed by atoms with Crippen molar-refractivity contribution in [2.45, 2.75) is 38.5 Å². The number of nitrogens with one attached hydrogen (secondary N) is 1. The van der Waals surface area contributed by atoms with E-state index < -0.39 is 24.1 Å². The molecule has 0 aromatic carbocycles. The van der Waals surface area contributed by atoms with E-state index >= 15 is 0 Å². The third-order valence-corrected chi connectivity index (χ3v) is 3.17. The summed E-state index contributed by atoms with van der Waals surface area (Å²) in [6.07, 6.45) is -0.530. The lowest BCUT2D eigenvalue weighted by Crippen LogP contribution is -2.49. The van der Waals surface area contributed by atoms with Crippen LogP contribution in [0.15, 0.2) is 5.11 Å². The molecule has 8 nitrogen and oxygen atoms in total. The van der Waals surface area contributed by atoms with Crippen molar-refractivity contribution in [1.82, 2.24) is 10.2 Å². The second kappa shape index (κ2) is 6.40. The van der Waals surface area contributed by atoms with Crippen molar-refractivity contribution in [3.63, 3.8) is 0 Å². The second-order valence-corrected chi connectivity index (χ2v) is 4.90. The van der Waals surface area contributed by atoms with Crippen LogP contribution in [-0.4, -0.2) is 53.6 Å². The fraction of sp³-hybridized carbons (Fsp3) is 0.818. The van der Waals surface area contributed by atoms with Gasteiger partial charge in [-0.1, -0.05) is 19.0 Å². The molecule has 0 saturated carbocycles. The van der Waals surface area contributed by atoms with Crippen LogP contribution in [0, 0.1) is 5.92 Å². The first-order valence-corrected chi connectivity index (χ1v) is 6.16. The van der Waals surface area contributed by atoms with Crippen LogP contribution < -0.4 is 5.32 Å². The van der Waals surface area contributed by atoms with Gasteiger partial charge in [0.05, 0.1) is 6.10 Å². The zero-order valence-electron chi connectivity index (χ0n) is 11.3. The van der Waals surface area contributed by atoms with Gasteiger partial charge in [-0.3, -0.25) is 9.59 Å². The largest absolute Gasteiger partial charge is 0.391 e. The summed E-state index contributed by atoms with van der Waals surface area (Å²) in [6.45, 7) is 3.61. The second-order valence-electron chi connectivity index (χ2n) is 4.90. The smallest absolute Gasteiger partial charge is 0.242 e. The van der Waals surface area contributed by atoms with Gasteiger partial charge in [0.1, 0.15) is 12.1 Å². The molecule has 1 fully saturated rings. The summed E-state index contributed by atoms with van der Waals surface area (Å²) in [4.78, 5) is 28.0. The minimum absolute atomic E-state index is 0.0844. The summed E-state index contributed by atoms with van der Waals surface area (Å²) in [5.74, 6) is -0.919. The highest BCUT2D eigenvalue weighted by atomic mass is 16.3. The Morgan fingerprint density at radius 3 is 2.63 bits per heavy atom. The third-order valence-electron chi connectivity index (χ3n) is 3.17. The molecule has 8 heteroatoms. The van der Waals surface area contributed by atoms with E-state index in [0.29, 0.717) is 0 Å². The van der Waals surface area contributed by atoms with Gasteiger partial charge >= 0.3 is 0 Å². The summed E-state index contributed by atoms with van der Waals surface area (Å²) < 4.78 is 0. The Morgan fingerprint density at radius 2 is 2.16 bits per heavy atom. The summed E-state index contributed by atoms with van der Waals surface area (Å²) in [5, 5.41) is 15.6. The van der Waals surface area contributed by atoms with Crippen molar-refractivity contribution < 1.29 is 14.7 Å². The van der Waals surface area contributed by atoms with E-state index in [1.54, 1.807) is 13.8 Å². The molecule has 1 aliphatic rings. The van der Waals surface area contributed by atoms with E-state index in [9.17, 15) is 14.7 Å². The highest BCUT2D eigenvalue weighted by Gasteiger charge is 2.41. The van der Waals surface area contributed by atoms with Crippen molar-refractivity contribution in [1.29, 1.82) is 0 Å². The predicted octanol–water partition coefficient (Wildman–Crippen LogP) is 0.0291. The van der Waals surface area contributed by atoms with Crippen molar-refractivity contribution in [3.05, 3.63) is 10.4 Å². The van der Waals surface area contributed by atoms with E-state index in [4.69, 9.17) is 5.53 Å². The Hall–Kier alpha value is -1.79. The lowest BCUT2D eigenvalue weighted by Gasteiger charge is -2.27. The number of hydrogen-bond donors (Lipinski definition) is 2. The molecule has 0 bridgehead atoms. The minimum Gasteiger partial charge on any atom is -0.391 e. The van der Waals surface area contributed by atoms with Crippen LogP contribution >= 0.6 is 0 Å². The molecule has 1 saturated heterocycles. The van der Waals surface area contributed by atoms with Crippen molar-refractivity contribution >= 4 is 11.8 Å². The topological polar surface area (TPSA) is 118 Å². The zero-order valence-corrected chi connectivity index (χ0v) is 11.3. The molecule has 2 N–H and O–H groups in total. The van der Waals surface area contributed by atoms with Gasteiger partial charge in [-0.15, -0.1) is 0 Å². The minimum atomic E-state index is -0.859. The molecule has 106 valence electrons. The van der Waals surface area contributed by atoms with E-state index in [-0.39, 0.29) is 24.8 Å². The number of β-amino-alcohol motifs (C(OH)–C–C–N with tert-alkyl or cyclic N) is 1. The average Bonchev–Trinajstić information content (AvgIpc) is 2.76. The Morgan fingerprint density at radius 1 is 1.53 bits per heavy atom. The Bertz CT molecular complexity index is 405. The van der Waals surface area contributed by atoms with E-state index in [0.717, 1.165) is 0 Å². The van der Waals surface area contributed by atoms with Crippen molar-refractivity contribution in [3.8, 4) is 0 Å². The van der Waals surface area contributed by atoms with Crippen LogP contribution in [0.1, 0.15) is 20.3 Å². The molecular weight excluding hydrogens is 250 g/mol. The molecule has 0 spiro atoms. The van der Waals surface area contributed by atoms with Gasteiger partial charge in [0.15, 0.2) is 0 Å². The Balaban J connectivity index is 2.95. The summed E-state index contributed by atoms with van der Waals surface area (Å²) >= 11 is 0. The zero-order chi connectivity index (χ0) is 14.6. The van der Waals surface area contributed by atoms with Crippen LogP contribution in [0.25, 0.3) is 10.4 Å². The quantitative estimate of drug-likeness (QED) is 0.425. The van der Waals surface area contributed by atoms with Gasteiger partial charge in [0.25, 0.3) is 0 Å². The van der Waals surface area contributed by atoms with Crippen molar-refractivity contribution in [2.24, 2.45) is 11.0 Å². The predicted molar refractivity (Wildman–Crippen MR) is 68.0 cm³/mol. The van der Waals surface area contributed by atoms with Crippen molar-refractivity contribution in [2.75, 3.05) is 13.6 Å². The number of amides is 2. The van der Waals surface area contributed by atoms with Gasteiger partial charge in [-0.05, 0) is 11.4 Å². The third kappa shape index (κ3) is 3.36. The molecule has 0 aromatic heterocycles. The van der Waals surface area contributed by atoms with E-state index in [1.165, 1.54) is 11.9 Å². The highest BCUT2D eigenvalue weighted by molar-refractivity contribution is 5.90. The fourth-order valence-electron chi connectivity index (χ4n) is 2.17. The van der Waals surface area contributed by atoms with Crippen LogP contribution in [-0.2, 0) is 9.59 Å². The molecule has 0 aliphatic carbocycles. The highest BCUT2D eigenvalue weighted by Crippen LogP contribution is 2.22. The first kappa shape index (κ1) is 15.3. The number of aliphatic hydroxyl groups is 1. The summed E-state index contributed by atoms with van der Waals surface area (Å²) in [5.41, 5.74) is 8.51. The Labute approximate surface area is 111 Å². The molecular formula is C11H19N5O3. The molecule has 0 aromatic rings. The lowest BCUT2D eigenvalue weighted by atomic mass is 10.0. The number of likely N-dealkylation sites (N-methyl/N-ethyl adjacent to an activating group) is 1. The fourth-order valence-corrected chi connectivity index (χ4v) is 2.17. The van der Waals surface area contributed by atoms with Gasteiger partial charge in [0.2, 0.25) is 11.8 Å². The Kier molecular flexibility index (Phi) is 5.14. The number of hydrogen-bond acceptors (Lipinski definition) is 4. The van der Waals surface area contributed by atoms with Crippen LogP contribution in [0.4, 0.5) is 0 Å². The maximum absolute atomic E-state index is 12.3. The first-order valence-electron chi connectivity index (χ1n) is 6.16. The summed E-state index contributed by atoms with van der Waals surface area (Å²) in [6, 6.07) is -1.56. The number of aliphatic hydroxyl groups excluding tert-OH is 1. The van der Waals surface area contributed by atoms with Gasteiger partial charge in [-0.2, -0.15) is 0 Å². The SMILES string of the molecule is CNC(=O)[C@@H]1C[C@@H](O)CN1C(=O)[C@@H](N=[N+]=[N-])C(C)C. The molecule has 2 amide bonds. The van der Waals surface area contributed by atoms with Crippen LogP contribution in [0.5, 0.6) is 0 Å². The number of rotatable bonds is 4. The maximum Gasteiger partial charge on any atom is 0.242 e. The van der Waals surface area contributed by atoms with Gasteiger partial charge < -0.3 is 15.3 Å². The number of carbonyl (C=O) groups is 2. The number of carbonyl (C=O) groups excluding carboxylic acids is 2. The number of azide groups is 1. The molecule has 3 atom stereocenters. The van der Waals surface area contributed by atoms with E-state index in [2.05, 4.69) is 15.3 Å². The molecule has 19 heavy (non-hydrogen) atoms. The molecule has 1 rings (SSSR count). The number of likely N-dealkylation sites (tertiary alicyclic amines) is 1. The molecule has 1 aliphatic heterocycles. The monoisotopic (exact) mass is 269 g/mol. The molecule has 0 radical (unpaired) electrons. The lowest BCUT2D eigenvalue weighted by molar-refractivity contribution is -0.140. The molecule has 0 unspecified atom stereocenters. The normalized spacial score (nSPS) is 23.9. The summed E-state index contributed by atoms with van der Waals surface area (Å²) in [7, 11) is 1.48. The number of nitrogens with zero attached hydrogens (tertiary/aromatic N) is 4. The maximum atomic E-state index is 12.3. The average molecular weight is 269 g/mol. The van der Waals surface area contributed by atoms with Gasteiger partial charge in [0, 0.05) is 24.9 Å². The van der Waals surface area contributed by atoms with Gasteiger partial charge in [-0.25, -0.2) is 0 Å². The standard InChI is InChI=1S/C11H19N5O3/c1-6(2)9(14-15-12)11(19)16-5-7(17)4-8(16)10(18)13-3/h6-9,17H,4-5H2,1-3H3,(H,13,18)/t7-,8+,9+/m1/s1. The van der Waals surface area contributed by atoms with Crippen LogP contribution in [0.3, 0.4) is 0 Å². The first-order chi connectivity index (χ1) is 8.92.